The fourth-order valence-corrected chi connectivity index (χ4v) is 1.27. The third-order valence-electron chi connectivity index (χ3n) is 1.79. The molecule has 0 spiro atoms. The van der Waals surface area contributed by atoms with Gasteiger partial charge in [-0.05, 0) is 18.4 Å². The normalized spacial score (nSPS) is 15.6. The molecule has 1 aromatic carbocycles. The lowest BCUT2D eigenvalue weighted by Crippen LogP contribution is -2.10. The molecule has 1 aliphatic heterocycles. The van der Waals surface area contributed by atoms with Crippen molar-refractivity contribution in [1.29, 1.82) is 0 Å². The molecule has 10 heavy (non-hydrogen) atoms. The van der Waals surface area contributed by atoms with E-state index in [0.29, 0.717) is 0 Å². The predicted molar refractivity (Wildman–Crippen MR) is 40.3 cm³/mol. The van der Waals surface area contributed by atoms with E-state index in [1.807, 2.05) is 12.1 Å². The van der Waals surface area contributed by atoms with E-state index >= 15 is 0 Å². The second kappa shape index (κ2) is 2.33. The van der Waals surface area contributed by atoms with Gasteiger partial charge in [-0.15, -0.1) is 0 Å². The van der Waals surface area contributed by atoms with Crippen molar-refractivity contribution in [1.82, 2.24) is 5.32 Å². The summed E-state index contributed by atoms with van der Waals surface area (Å²) < 4.78 is 0. The predicted octanol–water partition coefficient (Wildman–Crippen LogP) is 1.67. The smallest absolute Gasteiger partial charge is 0.0685 e. The lowest BCUT2D eigenvalue weighted by Gasteiger charge is -2.13. The first-order valence-corrected chi connectivity index (χ1v) is 3.64. The van der Waals surface area contributed by atoms with Crippen LogP contribution in [-0.4, -0.2) is 6.54 Å². The lowest BCUT2D eigenvalue weighted by atomic mass is 10.0. The number of hydrogen-bond acceptors (Lipinski definition) is 0. The summed E-state index contributed by atoms with van der Waals surface area (Å²) in [7, 11) is 0. The van der Waals surface area contributed by atoms with E-state index in [9.17, 15) is 0 Å². The van der Waals surface area contributed by atoms with Gasteiger partial charge in [0, 0.05) is 12.6 Å². The van der Waals surface area contributed by atoms with E-state index in [1.54, 1.807) is 0 Å². The Labute approximate surface area is 61.1 Å². The second-order valence-electron chi connectivity index (χ2n) is 2.53. The van der Waals surface area contributed by atoms with E-state index in [2.05, 4.69) is 17.4 Å². The zero-order chi connectivity index (χ0) is 6.81. The molecule has 1 nitrogen and oxygen atoms in total. The molecule has 0 bridgehead atoms. The number of aryl methyl sites for hydroxylation is 1. The summed E-state index contributed by atoms with van der Waals surface area (Å²) in [5, 5.41) is 4.34. The van der Waals surface area contributed by atoms with Gasteiger partial charge in [0.05, 0.1) is 5.69 Å². The van der Waals surface area contributed by atoms with Crippen LogP contribution in [0.25, 0.3) is 0 Å². The molecule has 0 saturated heterocycles. The Morgan fingerprint density at radius 1 is 1.50 bits per heavy atom. The molecular weight excluding hydrogens is 122 g/mol. The Morgan fingerprint density at radius 2 is 2.50 bits per heavy atom. The Balaban J connectivity index is 2.41. The minimum absolute atomic E-state index is 0.980. The number of rotatable bonds is 0. The first-order chi connectivity index (χ1) is 4.97. The highest BCUT2D eigenvalue weighted by molar-refractivity contribution is 5.44. The van der Waals surface area contributed by atoms with Crippen LogP contribution >= 0.6 is 0 Å². The van der Waals surface area contributed by atoms with Gasteiger partial charge in [0.15, 0.2) is 0 Å². The van der Waals surface area contributed by atoms with E-state index < -0.39 is 0 Å². The largest absolute Gasteiger partial charge is 0.284 e. The summed E-state index contributed by atoms with van der Waals surface area (Å²) in [5.74, 6) is 0. The topological polar surface area (TPSA) is 14.1 Å². The molecule has 1 aromatic rings. The van der Waals surface area contributed by atoms with Gasteiger partial charge in [0.25, 0.3) is 0 Å². The average molecular weight is 131 g/mol. The van der Waals surface area contributed by atoms with E-state index in [1.165, 1.54) is 18.4 Å². The maximum absolute atomic E-state index is 4.34. The van der Waals surface area contributed by atoms with Gasteiger partial charge in [-0.1, -0.05) is 18.2 Å². The summed E-state index contributed by atoms with van der Waals surface area (Å²) in [5.41, 5.74) is 2.43. The van der Waals surface area contributed by atoms with Gasteiger partial charge in [-0.2, -0.15) is 0 Å². The van der Waals surface area contributed by atoms with Crippen molar-refractivity contribution in [3.8, 4) is 0 Å². The highest BCUT2D eigenvalue weighted by atomic mass is 14.9. The first kappa shape index (κ1) is 5.78. The van der Waals surface area contributed by atoms with Gasteiger partial charge in [0.2, 0.25) is 0 Å². The number of benzene rings is 1. The van der Waals surface area contributed by atoms with Crippen LogP contribution in [-0.2, 0) is 6.42 Å². The minimum atomic E-state index is 0.980. The number of nitrogens with zero attached hydrogens (tertiary/aromatic N) is 1. The molecule has 0 N–H and O–H groups in total. The standard InChI is InChI=1S/C9H9N/c1-2-6-9-8(4-1)5-3-7-10-9/h1-2,4H,3,5,7H2. The second-order valence-corrected chi connectivity index (χ2v) is 2.53. The lowest BCUT2D eigenvalue weighted by molar-refractivity contribution is 0.704. The summed E-state index contributed by atoms with van der Waals surface area (Å²) in [4.78, 5) is 0. The van der Waals surface area contributed by atoms with Crippen LogP contribution in [0.3, 0.4) is 0 Å². The van der Waals surface area contributed by atoms with Gasteiger partial charge in [0.1, 0.15) is 0 Å². The van der Waals surface area contributed by atoms with E-state index in [4.69, 9.17) is 0 Å². The average Bonchev–Trinajstić information content (AvgIpc) is 2.05. The fraction of sp³-hybridized carbons (Fsp3) is 0.333. The van der Waals surface area contributed by atoms with Crippen molar-refractivity contribution in [3.63, 3.8) is 0 Å². The number of fused-ring (bicyclic) bond motifs is 1. The maximum Gasteiger partial charge on any atom is 0.0685 e. The SMILES string of the molecule is [c]1cccc2c1[N]CCC2. The Morgan fingerprint density at radius 3 is 3.40 bits per heavy atom. The maximum atomic E-state index is 4.34. The van der Waals surface area contributed by atoms with Crippen LogP contribution in [0.5, 0.6) is 0 Å². The van der Waals surface area contributed by atoms with Gasteiger partial charge >= 0.3 is 0 Å². The van der Waals surface area contributed by atoms with Crippen LogP contribution in [0.1, 0.15) is 12.0 Å². The van der Waals surface area contributed by atoms with Crippen molar-refractivity contribution >= 4 is 5.69 Å². The highest BCUT2D eigenvalue weighted by Gasteiger charge is 2.07. The van der Waals surface area contributed by atoms with Crippen molar-refractivity contribution in [3.05, 3.63) is 29.8 Å². The van der Waals surface area contributed by atoms with Gasteiger partial charge in [-0.25, -0.2) is 0 Å². The summed E-state index contributed by atoms with van der Waals surface area (Å²) in [6, 6.07) is 9.21. The van der Waals surface area contributed by atoms with Gasteiger partial charge < -0.3 is 0 Å². The van der Waals surface area contributed by atoms with Crippen LogP contribution in [0, 0.1) is 6.07 Å². The van der Waals surface area contributed by atoms with E-state index in [0.717, 1.165) is 12.2 Å². The summed E-state index contributed by atoms with van der Waals surface area (Å²) >= 11 is 0. The molecule has 0 aliphatic carbocycles. The molecule has 0 fully saturated rings. The Bertz CT molecular complexity index is 205. The molecule has 1 aliphatic rings. The highest BCUT2D eigenvalue weighted by Crippen LogP contribution is 2.19. The molecule has 2 rings (SSSR count). The molecule has 0 aromatic heterocycles. The monoisotopic (exact) mass is 131 g/mol. The summed E-state index contributed by atoms with van der Waals surface area (Å²) in [6.07, 6.45) is 2.38. The van der Waals surface area contributed by atoms with E-state index in [-0.39, 0.29) is 0 Å². The fourth-order valence-electron chi connectivity index (χ4n) is 1.27. The zero-order valence-electron chi connectivity index (χ0n) is 5.80. The summed E-state index contributed by atoms with van der Waals surface area (Å²) in [6.45, 7) is 0.980. The van der Waals surface area contributed by atoms with Gasteiger partial charge in [-0.3, -0.25) is 5.32 Å². The quantitative estimate of drug-likeness (QED) is 0.508. The molecule has 0 saturated carbocycles. The Hall–Kier alpha value is -0.980. The molecule has 2 radical (unpaired) electrons. The minimum Gasteiger partial charge on any atom is -0.284 e. The van der Waals surface area contributed by atoms with Crippen molar-refractivity contribution in [2.75, 3.05) is 6.54 Å². The van der Waals surface area contributed by atoms with Crippen LogP contribution in [0.2, 0.25) is 0 Å². The molecule has 0 unspecified atom stereocenters. The first-order valence-electron chi connectivity index (χ1n) is 3.64. The molecule has 1 heteroatoms. The molecule has 0 amide bonds. The third-order valence-corrected chi connectivity index (χ3v) is 1.79. The molecular formula is C9H9N. The van der Waals surface area contributed by atoms with Crippen molar-refractivity contribution in [2.45, 2.75) is 12.8 Å². The zero-order valence-corrected chi connectivity index (χ0v) is 5.80. The van der Waals surface area contributed by atoms with Crippen molar-refractivity contribution < 1.29 is 0 Å². The van der Waals surface area contributed by atoms with Crippen LogP contribution in [0.4, 0.5) is 5.69 Å². The molecule has 50 valence electrons. The Kier molecular flexibility index (Phi) is 1.35. The molecule has 0 atom stereocenters. The van der Waals surface area contributed by atoms with Crippen LogP contribution in [0.15, 0.2) is 18.2 Å². The molecule has 1 heterocycles. The number of para-hydroxylation sites is 1. The third kappa shape index (κ3) is 0.878. The van der Waals surface area contributed by atoms with Crippen LogP contribution < -0.4 is 5.32 Å². The van der Waals surface area contributed by atoms with Crippen molar-refractivity contribution in [2.24, 2.45) is 0 Å². The number of hydrogen-bond donors (Lipinski definition) is 0.